The maximum atomic E-state index is 12.8. The van der Waals surface area contributed by atoms with Gasteiger partial charge in [0.05, 0.1) is 6.10 Å². The number of halogens is 1. The number of nitrogens with one attached hydrogen (secondary N) is 1. The molecule has 2 N–H and O–H groups in total. The third-order valence-electron chi connectivity index (χ3n) is 2.33. The second-order valence-corrected chi connectivity index (χ2v) is 4.03. The molecule has 16 heavy (non-hydrogen) atoms. The Kier molecular flexibility index (Phi) is 4.43. The lowest BCUT2D eigenvalue weighted by Gasteiger charge is -2.14. The van der Waals surface area contributed by atoms with E-state index in [-0.39, 0.29) is 23.9 Å². The van der Waals surface area contributed by atoms with Gasteiger partial charge in [0.1, 0.15) is 5.82 Å². The fourth-order valence-corrected chi connectivity index (χ4v) is 1.16. The molecular formula is C12H16FNO2. The van der Waals surface area contributed by atoms with Crippen LogP contribution >= 0.6 is 0 Å². The number of hydrogen-bond acceptors (Lipinski definition) is 2. The molecular weight excluding hydrogens is 209 g/mol. The zero-order valence-electron chi connectivity index (χ0n) is 9.40. The zero-order valence-corrected chi connectivity index (χ0v) is 9.40. The van der Waals surface area contributed by atoms with E-state index < -0.39 is 11.9 Å². The van der Waals surface area contributed by atoms with Gasteiger partial charge >= 0.3 is 0 Å². The molecule has 1 rings (SSSR count). The van der Waals surface area contributed by atoms with Gasteiger partial charge < -0.3 is 10.4 Å². The Morgan fingerprint density at radius 2 is 2.19 bits per heavy atom. The van der Waals surface area contributed by atoms with Crippen LogP contribution in [-0.4, -0.2) is 23.7 Å². The van der Waals surface area contributed by atoms with Crippen LogP contribution in [0.25, 0.3) is 0 Å². The number of amides is 1. The third-order valence-corrected chi connectivity index (χ3v) is 2.33. The Hall–Kier alpha value is -1.42. The summed E-state index contributed by atoms with van der Waals surface area (Å²) >= 11 is 0. The van der Waals surface area contributed by atoms with E-state index in [0.717, 1.165) is 6.07 Å². The molecule has 1 amide bonds. The van der Waals surface area contributed by atoms with Gasteiger partial charge in [-0.05, 0) is 24.1 Å². The van der Waals surface area contributed by atoms with Crippen LogP contribution in [0.3, 0.4) is 0 Å². The highest BCUT2D eigenvalue weighted by molar-refractivity contribution is 5.94. The Morgan fingerprint density at radius 1 is 1.50 bits per heavy atom. The lowest BCUT2D eigenvalue weighted by molar-refractivity contribution is 0.0871. The lowest BCUT2D eigenvalue weighted by Crippen LogP contribution is -2.34. The summed E-state index contributed by atoms with van der Waals surface area (Å²) in [7, 11) is 0. The summed E-state index contributed by atoms with van der Waals surface area (Å²) in [5.41, 5.74) is 0.260. The molecule has 0 spiro atoms. The third kappa shape index (κ3) is 3.62. The number of benzene rings is 1. The molecule has 0 fully saturated rings. The maximum absolute atomic E-state index is 12.8. The second-order valence-electron chi connectivity index (χ2n) is 4.03. The molecule has 0 aromatic heterocycles. The van der Waals surface area contributed by atoms with Crippen LogP contribution < -0.4 is 5.32 Å². The zero-order chi connectivity index (χ0) is 12.1. The predicted molar refractivity (Wildman–Crippen MR) is 59.6 cm³/mol. The average Bonchev–Trinajstić information content (AvgIpc) is 2.25. The van der Waals surface area contributed by atoms with E-state index in [1.165, 1.54) is 18.2 Å². The van der Waals surface area contributed by atoms with Gasteiger partial charge in [0.25, 0.3) is 5.91 Å². The predicted octanol–water partition coefficient (Wildman–Crippen LogP) is 1.57. The quantitative estimate of drug-likeness (QED) is 0.817. The Balaban J connectivity index is 2.53. The summed E-state index contributed by atoms with van der Waals surface area (Å²) in [6, 6.07) is 5.44. The van der Waals surface area contributed by atoms with Gasteiger partial charge in [-0.15, -0.1) is 0 Å². The highest BCUT2D eigenvalue weighted by atomic mass is 19.1. The molecule has 0 bridgehead atoms. The van der Waals surface area contributed by atoms with Crippen molar-refractivity contribution in [1.82, 2.24) is 5.32 Å². The largest absolute Gasteiger partial charge is 0.391 e. The monoisotopic (exact) mass is 225 g/mol. The summed E-state index contributed by atoms with van der Waals surface area (Å²) in [4.78, 5) is 11.5. The summed E-state index contributed by atoms with van der Waals surface area (Å²) in [6.07, 6.45) is -0.586. The van der Waals surface area contributed by atoms with Crippen molar-refractivity contribution in [2.45, 2.75) is 20.0 Å². The van der Waals surface area contributed by atoms with Crippen molar-refractivity contribution in [2.24, 2.45) is 5.92 Å². The van der Waals surface area contributed by atoms with Crippen molar-refractivity contribution in [3.05, 3.63) is 35.6 Å². The van der Waals surface area contributed by atoms with Crippen LogP contribution in [0.1, 0.15) is 24.2 Å². The van der Waals surface area contributed by atoms with E-state index in [2.05, 4.69) is 5.32 Å². The van der Waals surface area contributed by atoms with Gasteiger partial charge in [-0.3, -0.25) is 4.79 Å². The molecule has 0 radical (unpaired) electrons. The van der Waals surface area contributed by atoms with Crippen LogP contribution in [-0.2, 0) is 0 Å². The molecule has 0 aliphatic rings. The van der Waals surface area contributed by atoms with Crippen LogP contribution in [0, 0.1) is 11.7 Å². The smallest absolute Gasteiger partial charge is 0.251 e. The average molecular weight is 225 g/mol. The van der Waals surface area contributed by atoms with E-state index in [4.69, 9.17) is 0 Å². The fourth-order valence-electron chi connectivity index (χ4n) is 1.16. The van der Waals surface area contributed by atoms with E-state index in [1.807, 2.05) is 13.8 Å². The summed E-state index contributed by atoms with van der Waals surface area (Å²) in [5, 5.41) is 12.0. The van der Waals surface area contributed by atoms with Crippen LogP contribution in [0.15, 0.2) is 24.3 Å². The minimum Gasteiger partial charge on any atom is -0.391 e. The molecule has 3 nitrogen and oxygen atoms in total. The molecule has 1 unspecified atom stereocenters. The van der Waals surface area contributed by atoms with Gasteiger partial charge in [0.15, 0.2) is 0 Å². The molecule has 0 aliphatic carbocycles. The highest BCUT2D eigenvalue weighted by Crippen LogP contribution is 2.04. The van der Waals surface area contributed by atoms with E-state index in [9.17, 15) is 14.3 Å². The van der Waals surface area contributed by atoms with Gasteiger partial charge in [-0.2, -0.15) is 0 Å². The number of hydrogen-bond donors (Lipinski definition) is 2. The second kappa shape index (κ2) is 5.61. The number of aliphatic hydroxyl groups is 1. The number of carbonyl (C=O) groups excluding carboxylic acids is 1. The molecule has 88 valence electrons. The minimum atomic E-state index is -0.586. The number of aliphatic hydroxyl groups excluding tert-OH is 1. The van der Waals surface area contributed by atoms with Gasteiger partial charge in [0, 0.05) is 12.1 Å². The Morgan fingerprint density at radius 3 is 2.75 bits per heavy atom. The first-order valence-electron chi connectivity index (χ1n) is 5.22. The van der Waals surface area contributed by atoms with E-state index >= 15 is 0 Å². The topological polar surface area (TPSA) is 49.3 Å². The first kappa shape index (κ1) is 12.6. The van der Waals surface area contributed by atoms with Crippen LogP contribution in [0.5, 0.6) is 0 Å². The highest BCUT2D eigenvalue weighted by Gasteiger charge is 2.11. The normalized spacial score (nSPS) is 12.6. The van der Waals surface area contributed by atoms with Crippen molar-refractivity contribution in [3.8, 4) is 0 Å². The van der Waals surface area contributed by atoms with E-state index in [0.29, 0.717) is 0 Å². The first-order chi connectivity index (χ1) is 7.50. The maximum Gasteiger partial charge on any atom is 0.251 e. The number of carbonyl (C=O) groups is 1. The first-order valence-corrected chi connectivity index (χ1v) is 5.22. The van der Waals surface area contributed by atoms with E-state index in [1.54, 1.807) is 0 Å². The van der Waals surface area contributed by atoms with Crippen LogP contribution in [0.4, 0.5) is 4.39 Å². The van der Waals surface area contributed by atoms with Crippen LogP contribution in [0.2, 0.25) is 0 Å². The molecule has 0 aliphatic heterocycles. The Labute approximate surface area is 94.3 Å². The van der Waals surface area contributed by atoms with Gasteiger partial charge in [0.2, 0.25) is 0 Å². The molecule has 4 heteroatoms. The molecule has 0 heterocycles. The van der Waals surface area contributed by atoms with Crippen molar-refractivity contribution in [3.63, 3.8) is 0 Å². The Bertz CT molecular complexity index is 366. The molecule has 1 atom stereocenters. The van der Waals surface area contributed by atoms with Gasteiger partial charge in [-0.1, -0.05) is 19.9 Å². The fraction of sp³-hybridized carbons (Fsp3) is 0.417. The van der Waals surface area contributed by atoms with Crippen molar-refractivity contribution < 1.29 is 14.3 Å². The summed E-state index contributed by atoms with van der Waals surface area (Å²) < 4.78 is 12.8. The summed E-state index contributed by atoms with van der Waals surface area (Å²) in [6.45, 7) is 3.89. The molecule has 0 saturated carbocycles. The standard InChI is InChI=1S/C12H16FNO2/c1-8(2)11(15)7-14-12(16)9-4-3-5-10(13)6-9/h3-6,8,11,15H,7H2,1-2H3,(H,14,16). The van der Waals surface area contributed by atoms with Gasteiger partial charge in [-0.25, -0.2) is 4.39 Å². The SMILES string of the molecule is CC(C)C(O)CNC(=O)c1cccc(F)c1. The molecule has 1 aromatic rings. The number of rotatable bonds is 4. The minimum absolute atomic E-state index is 0.0767. The summed E-state index contributed by atoms with van der Waals surface area (Å²) in [5.74, 6) is -0.746. The van der Waals surface area contributed by atoms with Crippen molar-refractivity contribution in [2.75, 3.05) is 6.54 Å². The molecule has 1 aromatic carbocycles. The lowest BCUT2D eigenvalue weighted by atomic mass is 10.1. The van der Waals surface area contributed by atoms with Crippen molar-refractivity contribution in [1.29, 1.82) is 0 Å². The molecule has 0 saturated heterocycles. The van der Waals surface area contributed by atoms with Crippen molar-refractivity contribution >= 4 is 5.91 Å².